The average molecular weight is 449 g/mol. The first-order valence-corrected chi connectivity index (χ1v) is 9.27. The fraction of sp³-hybridized carbons (Fsp3) is 0.238. The molecule has 0 fully saturated rings. The van der Waals surface area contributed by atoms with Crippen LogP contribution < -0.4 is 9.47 Å². The van der Waals surface area contributed by atoms with Gasteiger partial charge in [-0.05, 0) is 41.8 Å². The molecule has 2 rings (SSSR count). The summed E-state index contributed by atoms with van der Waals surface area (Å²) in [7, 11) is 3.01. The molecule has 28 heavy (non-hydrogen) atoms. The zero-order valence-electron chi connectivity index (χ0n) is 15.6. The first-order valence-electron chi connectivity index (χ1n) is 8.48. The molecule has 0 amide bonds. The number of ether oxygens (including phenoxy) is 3. The van der Waals surface area contributed by atoms with Gasteiger partial charge in [-0.15, -0.1) is 0 Å². The van der Waals surface area contributed by atoms with Crippen LogP contribution in [0.2, 0.25) is 0 Å². The fourth-order valence-corrected chi connectivity index (χ4v) is 2.76. The van der Waals surface area contributed by atoms with Crippen LogP contribution in [0, 0.1) is 0 Å². The van der Waals surface area contributed by atoms with Gasteiger partial charge in [0.25, 0.3) is 0 Å². The fourth-order valence-electron chi connectivity index (χ4n) is 2.49. The molecule has 6 nitrogen and oxygen atoms in total. The molecule has 0 saturated carbocycles. The number of carbonyl (C=O) groups is 2. The molecule has 1 unspecified atom stereocenters. The highest BCUT2D eigenvalue weighted by atomic mass is 79.9. The highest BCUT2D eigenvalue weighted by Gasteiger charge is 2.22. The van der Waals surface area contributed by atoms with Gasteiger partial charge in [0.2, 0.25) is 6.10 Å². The maximum atomic E-state index is 12.0. The Morgan fingerprint density at radius 1 is 1.04 bits per heavy atom. The molecule has 0 spiro atoms. The quantitative estimate of drug-likeness (QED) is 0.463. The van der Waals surface area contributed by atoms with Gasteiger partial charge >= 0.3 is 11.9 Å². The normalized spacial score (nSPS) is 11.8. The van der Waals surface area contributed by atoms with Crippen LogP contribution in [0.4, 0.5) is 0 Å². The third kappa shape index (κ3) is 6.42. The minimum Gasteiger partial charge on any atom is -0.493 e. The van der Waals surface area contributed by atoms with Crippen LogP contribution in [-0.4, -0.2) is 37.4 Å². The minimum atomic E-state index is -1.30. The Kier molecular flexibility index (Phi) is 8.07. The number of allylic oxidation sites excluding steroid dienone is 1. The number of hydrogen-bond acceptors (Lipinski definition) is 5. The summed E-state index contributed by atoms with van der Waals surface area (Å²) < 4.78 is 16.4. The van der Waals surface area contributed by atoms with Crippen molar-refractivity contribution in [3.8, 4) is 11.5 Å². The van der Waals surface area contributed by atoms with Crippen molar-refractivity contribution in [2.45, 2.75) is 18.9 Å². The van der Waals surface area contributed by atoms with E-state index in [4.69, 9.17) is 14.2 Å². The molecular weight excluding hydrogens is 428 g/mol. The summed E-state index contributed by atoms with van der Waals surface area (Å²) in [5, 5.41) is 9.38. The molecule has 7 heteroatoms. The molecular formula is C21H21BrO6. The van der Waals surface area contributed by atoms with E-state index in [1.165, 1.54) is 20.3 Å². The minimum absolute atomic E-state index is 0.0159. The van der Waals surface area contributed by atoms with Crippen molar-refractivity contribution in [3.05, 3.63) is 70.2 Å². The smallest absolute Gasteiger partial charge is 0.345 e. The predicted octanol–water partition coefficient (Wildman–Crippen LogP) is 3.80. The molecule has 0 aliphatic carbocycles. The number of halogens is 1. The van der Waals surface area contributed by atoms with E-state index in [2.05, 4.69) is 15.9 Å². The molecule has 2 aromatic carbocycles. The number of methoxy groups -OCH3 is 2. The molecule has 0 aliphatic rings. The highest BCUT2D eigenvalue weighted by Crippen LogP contribution is 2.28. The molecule has 0 heterocycles. The predicted molar refractivity (Wildman–Crippen MR) is 108 cm³/mol. The van der Waals surface area contributed by atoms with Gasteiger partial charge in [-0.25, -0.2) is 9.59 Å². The van der Waals surface area contributed by atoms with E-state index in [1.807, 2.05) is 24.3 Å². The third-order valence-electron chi connectivity index (χ3n) is 3.92. The van der Waals surface area contributed by atoms with Crippen LogP contribution in [0.1, 0.15) is 11.1 Å². The van der Waals surface area contributed by atoms with Crippen LogP contribution in [0.25, 0.3) is 0 Å². The van der Waals surface area contributed by atoms with E-state index in [1.54, 1.807) is 24.3 Å². The number of carboxylic acid groups (broad SMARTS) is 1. The molecule has 0 saturated heterocycles. The lowest BCUT2D eigenvalue weighted by molar-refractivity contribution is -0.160. The molecule has 0 aromatic heterocycles. The second-order valence-corrected chi connectivity index (χ2v) is 6.81. The van der Waals surface area contributed by atoms with Crippen LogP contribution in [0.3, 0.4) is 0 Å². The molecule has 1 atom stereocenters. The first-order chi connectivity index (χ1) is 13.4. The van der Waals surface area contributed by atoms with Crippen LogP contribution in [0.15, 0.2) is 59.1 Å². The lowest BCUT2D eigenvalue weighted by atomic mass is 10.1. The van der Waals surface area contributed by atoms with Crippen LogP contribution in [0.5, 0.6) is 11.5 Å². The Bertz CT molecular complexity index is 844. The van der Waals surface area contributed by atoms with Gasteiger partial charge in [-0.3, -0.25) is 0 Å². The number of rotatable bonds is 9. The van der Waals surface area contributed by atoms with Crippen LogP contribution >= 0.6 is 15.9 Å². The van der Waals surface area contributed by atoms with Crippen molar-refractivity contribution < 1.29 is 28.9 Å². The Labute approximate surface area is 171 Å². The van der Waals surface area contributed by atoms with Crippen molar-refractivity contribution in [1.29, 1.82) is 0 Å². The number of esters is 1. The SMILES string of the molecule is COc1ccc(CC(OC(=O)/C=C/Cc2ccc(Br)cc2)C(=O)O)cc1OC. The van der Waals surface area contributed by atoms with Gasteiger partial charge in [0.15, 0.2) is 11.5 Å². The molecule has 2 aromatic rings. The molecule has 148 valence electrons. The van der Waals surface area contributed by atoms with Crippen LogP contribution in [-0.2, 0) is 27.2 Å². The Balaban J connectivity index is 1.98. The van der Waals surface area contributed by atoms with Gasteiger partial charge in [0, 0.05) is 17.0 Å². The standard InChI is InChI=1S/C21H21BrO6/c1-26-17-11-8-15(12-18(17)27-2)13-19(21(24)25)28-20(23)5-3-4-14-6-9-16(22)10-7-14/h3,5-12,19H,4,13H2,1-2H3,(H,24,25)/b5-3+. The first kappa shape index (κ1) is 21.5. The zero-order chi connectivity index (χ0) is 20.5. The summed E-state index contributed by atoms with van der Waals surface area (Å²) in [4.78, 5) is 23.5. The molecule has 0 aliphatic heterocycles. The Hall–Kier alpha value is -2.80. The lowest BCUT2D eigenvalue weighted by Crippen LogP contribution is -2.28. The molecule has 0 radical (unpaired) electrons. The van der Waals surface area contributed by atoms with E-state index in [0.29, 0.717) is 23.5 Å². The van der Waals surface area contributed by atoms with E-state index in [9.17, 15) is 14.7 Å². The van der Waals surface area contributed by atoms with Crippen molar-refractivity contribution in [2.24, 2.45) is 0 Å². The second kappa shape index (κ2) is 10.5. The lowest BCUT2D eigenvalue weighted by Gasteiger charge is -2.14. The summed E-state index contributed by atoms with van der Waals surface area (Å²) in [6.07, 6.45) is 2.13. The van der Waals surface area contributed by atoms with E-state index < -0.39 is 18.0 Å². The Morgan fingerprint density at radius 2 is 1.68 bits per heavy atom. The number of carbonyl (C=O) groups excluding carboxylic acids is 1. The van der Waals surface area contributed by atoms with E-state index >= 15 is 0 Å². The van der Waals surface area contributed by atoms with E-state index in [-0.39, 0.29) is 6.42 Å². The monoisotopic (exact) mass is 448 g/mol. The maximum absolute atomic E-state index is 12.0. The second-order valence-electron chi connectivity index (χ2n) is 5.89. The number of aliphatic carboxylic acids is 1. The summed E-state index contributed by atoms with van der Waals surface area (Å²) >= 11 is 3.36. The summed E-state index contributed by atoms with van der Waals surface area (Å²) in [5.41, 5.74) is 1.67. The van der Waals surface area contributed by atoms with Gasteiger partial charge in [-0.1, -0.05) is 40.2 Å². The topological polar surface area (TPSA) is 82.1 Å². The van der Waals surface area contributed by atoms with Crippen molar-refractivity contribution >= 4 is 27.9 Å². The van der Waals surface area contributed by atoms with Gasteiger partial charge < -0.3 is 19.3 Å². The largest absolute Gasteiger partial charge is 0.493 e. The number of benzene rings is 2. The average Bonchev–Trinajstić information content (AvgIpc) is 2.68. The molecule has 1 N–H and O–H groups in total. The summed E-state index contributed by atoms with van der Waals surface area (Å²) in [5.74, 6) is -0.912. The van der Waals surface area contributed by atoms with Crippen molar-refractivity contribution in [1.82, 2.24) is 0 Å². The third-order valence-corrected chi connectivity index (χ3v) is 4.45. The zero-order valence-corrected chi connectivity index (χ0v) is 17.1. The van der Waals surface area contributed by atoms with Gasteiger partial charge in [0.1, 0.15) is 0 Å². The highest BCUT2D eigenvalue weighted by molar-refractivity contribution is 9.10. The number of carboxylic acids is 1. The van der Waals surface area contributed by atoms with Crippen molar-refractivity contribution in [2.75, 3.05) is 14.2 Å². The summed E-state index contributed by atoms with van der Waals surface area (Å²) in [6.45, 7) is 0. The maximum Gasteiger partial charge on any atom is 0.345 e. The number of hydrogen-bond donors (Lipinski definition) is 1. The molecule has 0 bridgehead atoms. The Morgan fingerprint density at radius 3 is 2.29 bits per heavy atom. The van der Waals surface area contributed by atoms with Gasteiger partial charge in [0.05, 0.1) is 14.2 Å². The summed E-state index contributed by atoms with van der Waals surface area (Å²) in [6, 6.07) is 12.7. The van der Waals surface area contributed by atoms with Crippen molar-refractivity contribution in [3.63, 3.8) is 0 Å². The van der Waals surface area contributed by atoms with Gasteiger partial charge in [-0.2, -0.15) is 0 Å². The van der Waals surface area contributed by atoms with E-state index in [0.717, 1.165) is 10.0 Å².